The zero-order chi connectivity index (χ0) is 14.2. The van der Waals surface area contributed by atoms with Gasteiger partial charge in [-0.3, -0.25) is 4.68 Å². The smallest absolute Gasteiger partial charge is 0.181 e. The second kappa shape index (κ2) is 8.33. The molecular weight excluding hydrogens is 369 g/mol. The number of aryl methyl sites for hydroxylation is 1. The summed E-state index contributed by atoms with van der Waals surface area (Å²) in [5.74, 6) is 0.767. The third kappa shape index (κ3) is 4.84. The van der Waals surface area contributed by atoms with Gasteiger partial charge >= 0.3 is 0 Å². The molecular formula is C14H18IN3O2. The summed E-state index contributed by atoms with van der Waals surface area (Å²) >= 11 is 2.29. The van der Waals surface area contributed by atoms with Gasteiger partial charge in [-0.25, -0.2) is 4.98 Å². The van der Waals surface area contributed by atoms with E-state index in [1.807, 2.05) is 16.8 Å². The molecule has 0 saturated carbocycles. The largest absolute Gasteiger partial charge is 0.382 e. The Morgan fingerprint density at radius 1 is 1.25 bits per heavy atom. The van der Waals surface area contributed by atoms with E-state index < -0.39 is 0 Å². The van der Waals surface area contributed by atoms with Gasteiger partial charge in [0.05, 0.1) is 13.2 Å². The molecule has 0 radical (unpaired) electrons. The van der Waals surface area contributed by atoms with Crippen LogP contribution in [0.5, 0.6) is 0 Å². The lowest BCUT2D eigenvalue weighted by Crippen LogP contribution is -2.06. The molecule has 2 rings (SSSR count). The normalized spacial score (nSPS) is 10.9. The Morgan fingerprint density at radius 2 is 2.15 bits per heavy atom. The number of hydrogen-bond donors (Lipinski definition) is 0. The van der Waals surface area contributed by atoms with Gasteiger partial charge in [0.25, 0.3) is 0 Å². The lowest BCUT2D eigenvalue weighted by atomic mass is 10.2. The van der Waals surface area contributed by atoms with Crippen LogP contribution in [0.3, 0.4) is 0 Å². The maximum absolute atomic E-state index is 5.42. The minimum atomic E-state index is 0.639. The molecule has 0 aliphatic rings. The van der Waals surface area contributed by atoms with Crippen molar-refractivity contribution in [2.75, 3.05) is 26.9 Å². The zero-order valence-corrected chi connectivity index (χ0v) is 13.6. The average molecular weight is 387 g/mol. The van der Waals surface area contributed by atoms with Crippen LogP contribution in [0.25, 0.3) is 11.4 Å². The molecule has 0 amide bonds. The van der Waals surface area contributed by atoms with Crippen molar-refractivity contribution in [3.8, 4) is 11.4 Å². The van der Waals surface area contributed by atoms with Gasteiger partial charge in [0, 0.05) is 29.4 Å². The fraction of sp³-hybridized carbons (Fsp3) is 0.429. The van der Waals surface area contributed by atoms with Crippen LogP contribution >= 0.6 is 22.6 Å². The highest BCUT2D eigenvalue weighted by Gasteiger charge is 2.04. The van der Waals surface area contributed by atoms with E-state index in [1.54, 1.807) is 13.4 Å². The summed E-state index contributed by atoms with van der Waals surface area (Å²) in [5.41, 5.74) is 1.05. The van der Waals surface area contributed by atoms with Gasteiger partial charge in [0.1, 0.15) is 6.33 Å². The van der Waals surface area contributed by atoms with Gasteiger partial charge in [0.2, 0.25) is 0 Å². The zero-order valence-electron chi connectivity index (χ0n) is 11.5. The van der Waals surface area contributed by atoms with Crippen LogP contribution in [0.2, 0.25) is 0 Å². The molecule has 0 saturated heterocycles. The molecule has 0 N–H and O–H groups in total. The second-order valence-corrected chi connectivity index (χ2v) is 5.55. The van der Waals surface area contributed by atoms with Gasteiger partial charge in [-0.1, -0.05) is 12.1 Å². The Labute approximate surface area is 132 Å². The molecule has 108 valence electrons. The van der Waals surface area contributed by atoms with E-state index >= 15 is 0 Å². The van der Waals surface area contributed by atoms with Crippen molar-refractivity contribution in [3.05, 3.63) is 34.2 Å². The maximum atomic E-state index is 5.42. The van der Waals surface area contributed by atoms with Crippen LogP contribution in [-0.2, 0) is 16.0 Å². The van der Waals surface area contributed by atoms with Crippen molar-refractivity contribution in [1.29, 1.82) is 0 Å². The quantitative estimate of drug-likeness (QED) is 0.516. The molecule has 1 aromatic carbocycles. The molecule has 6 heteroatoms. The van der Waals surface area contributed by atoms with Crippen LogP contribution in [0.15, 0.2) is 30.6 Å². The Balaban J connectivity index is 1.80. The number of rotatable bonds is 8. The Hall–Kier alpha value is -0.990. The van der Waals surface area contributed by atoms with Crippen LogP contribution in [0, 0.1) is 3.57 Å². The van der Waals surface area contributed by atoms with Gasteiger partial charge in [-0.15, -0.1) is 0 Å². The second-order valence-electron chi connectivity index (χ2n) is 4.30. The Morgan fingerprint density at radius 3 is 2.95 bits per heavy atom. The fourth-order valence-electron chi connectivity index (χ4n) is 1.74. The van der Waals surface area contributed by atoms with Crippen molar-refractivity contribution < 1.29 is 9.47 Å². The lowest BCUT2D eigenvalue weighted by Gasteiger charge is -2.03. The first kappa shape index (κ1) is 15.4. The summed E-state index contributed by atoms with van der Waals surface area (Å²) in [6, 6.07) is 8.17. The molecule has 1 heterocycles. The number of nitrogens with zero attached hydrogens (tertiary/aromatic N) is 3. The number of ether oxygens (including phenoxy) is 2. The topological polar surface area (TPSA) is 49.2 Å². The van der Waals surface area contributed by atoms with Crippen LogP contribution in [-0.4, -0.2) is 41.7 Å². The summed E-state index contributed by atoms with van der Waals surface area (Å²) in [7, 11) is 1.67. The lowest BCUT2D eigenvalue weighted by molar-refractivity contribution is 0.0677. The third-order valence-electron chi connectivity index (χ3n) is 2.73. The molecule has 0 atom stereocenters. The minimum Gasteiger partial charge on any atom is -0.382 e. The number of halogens is 1. The SMILES string of the molecule is COCCOCCCn1cnc(-c2cccc(I)c2)n1. The van der Waals surface area contributed by atoms with Gasteiger partial charge in [-0.2, -0.15) is 5.10 Å². The number of benzene rings is 1. The predicted molar refractivity (Wildman–Crippen MR) is 85.5 cm³/mol. The third-order valence-corrected chi connectivity index (χ3v) is 3.40. The first-order valence-electron chi connectivity index (χ1n) is 6.51. The highest BCUT2D eigenvalue weighted by Crippen LogP contribution is 2.17. The fourth-order valence-corrected chi connectivity index (χ4v) is 2.28. The highest BCUT2D eigenvalue weighted by atomic mass is 127. The van der Waals surface area contributed by atoms with Gasteiger partial charge < -0.3 is 9.47 Å². The average Bonchev–Trinajstić information content (AvgIpc) is 2.91. The van der Waals surface area contributed by atoms with Crippen LogP contribution in [0.4, 0.5) is 0 Å². The highest BCUT2D eigenvalue weighted by molar-refractivity contribution is 14.1. The molecule has 0 fully saturated rings. The number of hydrogen-bond acceptors (Lipinski definition) is 4. The van der Waals surface area contributed by atoms with Crippen LogP contribution < -0.4 is 0 Å². The molecule has 5 nitrogen and oxygen atoms in total. The number of methoxy groups -OCH3 is 1. The molecule has 0 spiro atoms. The summed E-state index contributed by atoms with van der Waals surface area (Å²) in [6.07, 6.45) is 2.68. The minimum absolute atomic E-state index is 0.639. The first-order chi connectivity index (χ1) is 9.79. The van der Waals surface area contributed by atoms with Gasteiger partial charge in [-0.05, 0) is 41.1 Å². The molecule has 0 unspecified atom stereocenters. The molecule has 0 bridgehead atoms. The summed E-state index contributed by atoms with van der Waals surface area (Å²) in [5, 5.41) is 4.48. The first-order valence-corrected chi connectivity index (χ1v) is 7.59. The number of aromatic nitrogens is 3. The van der Waals surface area contributed by atoms with Crippen molar-refractivity contribution in [2.45, 2.75) is 13.0 Å². The van der Waals surface area contributed by atoms with E-state index in [2.05, 4.69) is 44.8 Å². The Bertz CT molecular complexity index is 531. The van der Waals surface area contributed by atoms with E-state index in [4.69, 9.17) is 9.47 Å². The van der Waals surface area contributed by atoms with E-state index in [9.17, 15) is 0 Å². The molecule has 0 aliphatic heterocycles. The van der Waals surface area contributed by atoms with Crippen LogP contribution in [0.1, 0.15) is 6.42 Å². The van der Waals surface area contributed by atoms with E-state index in [0.717, 1.165) is 24.4 Å². The molecule has 0 aliphatic carbocycles. The monoisotopic (exact) mass is 387 g/mol. The van der Waals surface area contributed by atoms with Crippen molar-refractivity contribution in [3.63, 3.8) is 0 Å². The van der Waals surface area contributed by atoms with E-state index in [-0.39, 0.29) is 0 Å². The van der Waals surface area contributed by atoms with E-state index in [1.165, 1.54) is 3.57 Å². The van der Waals surface area contributed by atoms with Crippen molar-refractivity contribution in [1.82, 2.24) is 14.8 Å². The molecule has 2 aromatic rings. The van der Waals surface area contributed by atoms with Crippen molar-refractivity contribution >= 4 is 22.6 Å². The van der Waals surface area contributed by atoms with Crippen molar-refractivity contribution in [2.24, 2.45) is 0 Å². The standard InChI is InChI=1S/C14H18IN3O2/c1-19-8-9-20-7-3-6-18-11-16-14(17-18)12-4-2-5-13(15)10-12/h2,4-5,10-11H,3,6-9H2,1H3. The summed E-state index contributed by atoms with van der Waals surface area (Å²) in [4.78, 5) is 4.34. The molecule has 20 heavy (non-hydrogen) atoms. The summed E-state index contributed by atoms with van der Waals surface area (Å²) < 4.78 is 13.4. The Kier molecular flexibility index (Phi) is 6.41. The van der Waals surface area contributed by atoms with Gasteiger partial charge in [0.15, 0.2) is 5.82 Å². The maximum Gasteiger partial charge on any atom is 0.181 e. The molecule has 1 aromatic heterocycles. The predicted octanol–water partition coefficient (Wildman–Crippen LogP) is 2.60. The van der Waals surface area contributed by atoms with E-state index in [0.29, 0.717) is 19.8 Å². The summed E-state index contributed by atoms with van der Waals surface area (Å²) in [6.45, 7) is 2.80.